The Kier molecular flexibility index (Phi) is 7.11. The molecule has 0 aliphatic carbocycles. The molecule has 0 aliphatic rings. The van der Waals surface area contributed by atoms with E-state index in [0.717, 1.165) is 26.1 Å². The first-order valence-electron chi connectivity index (χ1n) is 4.62. The molecule has 2 heteroatoms. The first-order valence-corrected chi connectivity index (χ1v) is 4.62. The number of hydrogen-bond acceptors (Lipinski definition) is 2. The summed E-state index contributed by atoms with van der Waals surface area (Å²) in [4.78, 5) is 0. The van der Waals surface area contributed by atoms with Crippen LogP contribution in [0.15, 0.2) is 12.2 Å². The van der Waals surface area contributed by atoms with Gasteiger partial charge >= 0.3 is 0 Å². The standard InChI is InChI=1S/C10H21NO/c1-5-12-8-6-7-10(11-4)9(2)3/h10-11H,2,5-8H2,1,3-4H3. The van der Waals surface area contributed by atoms with Crippen LogP contribution in [0.25, 0.3) is 0 Å². The van der Waals surface area contributed by atoms with Crippen molar-refractivity contribution < 1.29 is 4.74 Å². The van der Waals surface area contributed by atoms with Crippen molar-refractivity contribution in [2.24, 2.45) is 0 Å². The molecule has 0 rings (SSSR count). The van der Waals surface area contributed by atoms with E-state index in [9.17, 15) is 0 Å². The lowest BCUT2D eigenvalue weighted by Crippen LogP contribution is -2.26. The molecule has 0 bridgehead atoms. The summed E-state index contributed by atoms with van der Waals surface area (Å²) >= 11 is 0. The molecule has 1 N–H and O–H groups in total. The van der Waals surface area contributed by atoms with Crippen LogP contribution in [0.4, 0.5) is 0 Å². The van der Waals surface area contributed by atoms with Gasteiger partial charge in [-0.1, -0.05) is 12.2 Å². The van der Waals surface area contributed by atoms with Gasteiger partial charge < -0.3 is 10.1 Å². The second-order valence-electron chi connectivity index (χ2n) is 3.03. The minimum absolute atomic E-state index is 0.449. The van der Waals surface area contributed by atoms with Gasteiger partial charge in [-0.05, 0) is 33.7 Å². The van der Waals surface area contributed by atoms with E-state index in [2.05, 4.69) is 18.8 Å². The van der Waals surface area contributed by atoms with Gasteiger partial charge in [0.2, 0.25) is 0 Å². The van der Waals surface area contributed by atoms with Crippen LogP contribution in [-0.2, 0) is 4.74 Å². The van der Waals surface area contributed by atoms with Gasteiger partial charge in [-0.25, -0.2) is 0 Å². The summed E-state index contributed by atoms with van der Waals surface area (Å²) in [5, 5.41) is 3.22. The van der Waals surface area contributed by atoms with Crippen LogP contribution in [-0.4, -0.2) is 26.3 Å². The zero-order valence-corrected chi connectivity index (χ0v) is 8.52. The van der Waals surface area contributed by atoms with E-state index >= 15 is 0 Å². The maximum Gasteiger partial charge on any atom is 0.0466 e. The first kappa shape index (κ1) is 11.7. The van der Waals surface area contributed by atoms with E-state index in [1.807, 2.05) is 14.0 Å². The number of nitrogens with one attached hydrogen (secondary N) is 1. The highest BCUT2D eigenvalue weighted by molar-refractivity contribution is 5.00. The fourth-order valence-corrected chi connectivity index (χ4v) is 1.17. The summed E-state index contributed by atoms with van der Waals surface area (Å²) in [5.74, 6) is 0. The number of likely N-dealkylation sites (N-methyl/N-ethyl adjacent to an activating group) is 1. The molecule has 1 unspecified atom stereocenters. The van der Waals surface area contributed by atoms with Gasteiger partial charge in [0.15, 0.2) is 0 Å². The second kappa shape index (κ2) is 7.32. The van der Waals surface area contributed by atoms with Crippen LogP contribution in [0.5, 0.6) is 0 Å². The van der Waals surface area contributed by atoms with E-state index in [1.165, 1.54) is 5.57 Å². The smallest absolute Gasteiger partial charge is 0.0466 e. The van der Waals surface area contributed by atoms with Gasteiger partial charge in [0, 0.05) is 19.3 Å². The van der Waals surface area contributed by atoms with Gasteiger partial charge in [0.05, 0.1) is 0 Å². The van der Waals surface area contributed by atoms with E-state index in [0.29, 0.717) is 6.04 Å². The van der Waals surface area contributed by atoms with Gasteiger partial charge in [-0.3, -0.25) is 0 Å². The SMILES string of the molecule is C=C(C)C(CCCOCC)NC. The highest BCUT2D eigenvalue weighted by Crippen LogP contribution is 2.05. The lowest BCUT2D eigenvalue weighted by molar-refractivity contribution is 0.142. The lowest BCUT2D eigenvalue weighted by atomic mass is 10.1. The maximum absolute atomic E-state index is 5.25. The quantitative estimate of drug-likeness (QED) is 0.467. The van der Waals surface area contributed by atoms with Crippen molar-refractivity contribution >= 4 is 0 Å². The summed E-state index contributed by atoms with van der Waals surface area (Å²) in [6.07, 6.45) is 2.22. The predicted octanol–water partition coefficient (Wildman–Crippen LogP) is 1.97. The molecular weight excluding hydrogens is 150 g/mol. The van der Waals surface area contributed by atoms with Crippen molar-refractivity contribution in [3.8, 4) is 0 Å². The molecule has 0 amide bonds. The summed E-state index contributed by atoms with van der Waals surface area (Å²) in [6.45, 7) is 9.68. The van der Waals surface area contributed by atoms with Crippen LogP contribution >= 0.6 is 0 Å². The number of hydrogen-bond donors (Lipinski definition) is 1. The minimum atomic E-state index is 0.449. The second-order valence-corrected chi connectivity index (χ2v) is 3.03. The Balaban J connectivity index is 3.38. The Bertz CT molecular complexity index is 123. The van der Waals surface area contributed by atoms with Crippen molar-refractivity contribution in [1.82, 2.24) is 5.32 Å². The van der Waals surface area contributed by atoms with Gasteiger partial charge in [0.1, 0.15) is 0 Å². The molecule has 1 atom stereocenters. The van der Waals surface area contributed by atoms with Crippen molar-refractivity contribution in [3.63, 3.8) is 0 Å². The normalized spacial score (nSPS) is 12.9. The van der Waals surface area contributed by atoms with E-state index in [-0.39, 0.29) is 0 Å². The molecule has 0 saturated heterocycles. The van der Waals surface area contributed by atoms with Gasteiger partial charge in [-0.15, -0.1) is 0 Å². The van der Waals surface area contributed by atoms with Crippen LogP contribution in [0.2, 0.25) is 0 Å². The first-order chi connectivity index (χ1) is 5.72. The van der Waals surface area contributed by atoms with E-state index in [4.69, 9.17) is 4.74 Å². The average molecular weight is 171 g/mol. The maximum atomic E-state index is 5.25. The predicted molar refractivity (Wildman–Crippen MR) is 53.4 cm³/mol. The molecule has 0 spiro atoms. The molecular formula is C10H21NO. The van der Waals surface area contributed by atoms with Crippen LogP contribution in [0.3, 0.4) is 0 Å². The Morgan fingerprint density at radius 1 is 1.58 bits per heavy atom. The fraction of sp³-hybridized carbons (Fsp3) is 0.800. The number of rotatable bonds is 7. The van der Waals surface area contributed by atoms with Crippen molar-refractivity contribution in [2.45, 2.75) is 32.7 Å². The largest absolute Gasteiger partial charge is 0.382 e. The van der Waals surface area contributed by atoms with Crippen molar-refractivity contribution in [3.05, 3.63) is 12.2 Å². The van der Waals surface area contributed by atoms with Crippen molar-refractivity contribution in [2.75, 3.05) is 20.3 Å². The van der Waals surface area contributed by atoms with E-state index in [1.54, 1.807) is 0 Å². The fourth-order valence-electron chi connectivity index (χ4n) is 1.17. The molecule has 0 radical (unpaired) electrons. The third kappa shape index (κ3) is 5.33. The Labute approximate surface area is 76.0 Å². The summed E-state index contributed by atoms with van der Waals surface area (Å²) in [5.41, 5.74) is 1.20. The topological polar surface area (TPSA) is 21.3 Å². The molecule has 0 fully saturated rings. The molecule has 0 heterocycles. The average Bonchev–Trinajstić information content (AvgIpc) is 2.04. The van der Waals surface area contributed by atoms with Gasteiger partial charge in [-0.2, -0.15) is 0 Å². The van der Waals surface area contributed by atoms with Crippen LogP contribution < -0.4 is 5.32 Å². The highest BCUT2D eigenvalue weighted by atomic mass is 16.5. The summed E-state index contributed by atoms with van der Waals surface area (Å²) in [7, 11) is 1.97. The summed E-state index contributed by atoms with van der Waals surface area (Å²) in [6, 6.07) is 0.449. The molecule has 0 aliphatic heterocycles. The highest BCUT2D eigenvalue weighted by Gasteiger charge is 2.04. The van der Waals surface area contributed by atoms with Gasteiger partial charge in [0.25, 0.3) is 0 Å². The molecule has 0 saturated carbocycles. The molecule has 72 valence electrons. The van der Waals surface area contributed by atoms with Crippen LogP contribution in [0.1, 0.15) is 26.7 Å². The minimum Gasteiger partial charge on any atom is -0.382 e. The zero-order valence-electron chi connectivity index (χ0n) is 8.52. The summed E-state index contributed by atoms with van der Waals surface area (Å²) < 4.78 is 5.25. The molecule has 12 heavy (non-hydrogen) atoms. The third-order valence-corrected chi connectivity index (χ3v) is 1.93. The third-order valence-electron chi connectivity index (χ3n) is 1.93. The van der Waals surface area contributed by atoms with Crippen molar-refractivity contribution in [1.29, 1.82) is 0 Å². The monoisotopic (exact) mass is 171 g/mol. The molecule has 0 aromatic rings. The Morgan fingerprint density at radius 3 is 2.67 bits per heavy atom. The number of ether oxygens (including phenoxy) is 1. The molecule has 0 aromatic carbocycles. The molecule has 2 nitrogen and oxygen atoms in total. The van der Waals surface area contributed by atoms with Crippen LogP contribution in [0, 0.1) is 0 Å². The lowest BCUT2D eigenvalue weighted by Gasteiger charge is -2.15. The Morgan fingerprint density at radius 2 is 2.25 bits per heavy atom. The molecule has 0 aromatic heterocycles. The van der Waals surface area contributed by atoms with E-state index < -0.39 is 0 Å². The zero-order chi connectivity index (χ0) is 9.40. The Hall–Kier alpha value is -0.340.